The Balaban J connectivity index is 1.55. The number of hydrogen-bond donors (Lipinski definition) is 3. The zero-order chi connectivity index (χ0) is 19.1. The van der Waals surface area contributed by atoms with Crippen LogP contribution in [0.15, 0.2) is 47.8 Å². The Morgan fingerprint density at radius 2 is 2.07 bits per heavy atom. The molecule has 0 aliphatic carbocycles. The largest absolute Gasteiger partial charge is 0.506 e. The maximum atomic E-state index is 9.64. The minimum Gasteiger partial charge on any atom is -0.506 e. The molecule has 27 heavy (non-hydrogen) atoms. The Bertz CT molecular complexity index is 944. The molecule has 0 aliphatic rings. The second-order valence-electron chi connectivity index (χ2n) is 6.05. The normalized spacial score (nSPS) is 11.1. The molecule has 7 heteroatoms. The summed E-state index contributed by atoms with van der Waals surface area (Å²) in [7, 11) is 1.64. The Kier molecular flexibility index (Phi) is 6.04. The molecule has 7 nitrogen and oxygen atoms in total. The van der Waals surface area contributed by atoms with E-state index in [2.05, 4.69) is 20.4 Å². The number of ether oxygens (including phenoxy) is 1. The molecular weight excluding hydrogens is 344 g/mol. The predicted octanol–water partition coefficient (Wildman–Crippen LogP) is 3.59. The summed E-state index contributed by atoms with van der Waals surface area (Å²) in [6, 6.07) is 11.2. The van der Waals surface area contributed by atoms with Crippen molar-refractivity contribution in [3.63, 3.8) is 0 Å². The van der Waals surface area contributed by atoms with E-state index in [0.29, 0.717) is 0 Å². The standard InChI is InChI=1S/C20H22N4O3/c1-27-19-7-4-6-15-16(10-12-22-20(15)19)21-11-3-2-5-14-8-9-18(25)17(24-14)13-23-26/h4,6-10,12-13,25-26H,2-3,5,11H2,1H3,(H,21,22). The van der Waals surface area contributed by atoms with E-state index in [1.165, 1.54) is 0 Å². The van der Waals surface area contributed by atoms with Gasteiger partial charge in [-0.2, -0.15) is 0 Å². The van der Waals surface area contributed by atoms with Gasteiger partial charge in [-0.15, -0.1) is 0 Å². The van der Waals surface area contributed by atoms with E-state index in [9.17, 15) is 5.11 Å². The molecule has 1 aromatic carbocycles. The summed E-state index contributed by atoms with van der Waals surface area (Å²) < 4.78 is 5.37. The second kappa shape index (κ2) is 8.84. The van der Waals surface area contributed by atoms with Gasteiger partial charge in [0.05, 0.1) is 13.3 Å². The number of nitrogens with one attached hydrogen (secondary N) is 1. The molecule has 0 spiro atoms. The highest BCUT2D eigenvalue weighted by molar-refractivity contribution is 5.94. The quantitative estimate of drug-likeness (QED) is 0.244. The number of methoxy groups -OCH3 is 1. The highest BCUT2D eigenvalue weighted by Crippen LogP contribution is 2.28. The van der Waals surface area contributed by atoms with Crippen LogP contribution in [-0.4, -0.2) is 40.2 Å². The number of aromatic nitrogens is 2. The SMILES string of the molecule is COc1cccc2c(NCCCCc3ccc(O)c(C=NO)n3)ccnc12. The maximum Gasteiger partial charge on any atom is 0.145 e. The van der Waals surface area contributed by atoms with E-state index < -0.39 is 0 Å². The van der Waals surface area contributed by atoms with E-state index in [1.807, 2.05) is 24.3 Å². The summed E-state index contributed by atoms with van der Waals surface area (Å²) in [6.07, 6.45) is 5.58. The Hall–Kier alpha value is -3.35. The maximum absolute atomic E-state index is 9.64. The van der Waals surface area contributed by atoms with Crippen LogP contribution in [0.5, 0.6) is 11.5 Å². The van der Waals surface area contributed by atoms with Crippen LogP contribution in [0.2, 0.25) is 0 Å². The first-order valence-corrected chi connectivity index (χ1v) is 8.75. The van der Waals surface area contributed by atoms with Gasteiger partial charge < -0.3 is 20.4 Å². The van der Waals surface area contributed by atoms with Crippen molar-refractivity contribution in [2.24, 2.45) is 5.16 Å². The van der Waals surface area contributed by atoms with E-state index in [1.54, 1.807) is 25.4 Å². The minimum absolute atomic E-state index is 0.00166. The van der Waals surface area contributed by atoms with Crippen molar-refractivity contribution < 1.29 is 15.1 Å². The van der Waals surface area contributed by atoms with Crippen LogP contribution in [0.1, 0.15) is 24.2 Å². The molecule has 3 rings (SSSR count). The minimum atomic E-state index is -0.00166. The molecule has 0 saturated heterocycles. The first-order chi connectivity index (χ1) is 13.2. The van der Waals surface area contributed by atoms with E-state index in [0.717, 1.165) is 60.1 Å². The summed E-state index contributed by atoms with van der Waals surface area (Å²) in [5.74, 6) is 0.759. The second-order valence-corrected chi connectivity index (χ2v) is 6.05. The zero-order valence-electron chi connectivity index (χ0n) is 15.1. The molecule has 140 valence electrons. The molecule has 0 amide bonds. The average Bonchev–Trinajstić information content (AvgIpc) is 2.70. The molecule has 0 atom stereocenters. The lowest BCUT2D eigenvalue weighted by atomic mass is 10.1. The van der Waals surface area contributed by atoms with Gasteiger partial charge in [-0.25, -0.2) is 4.98 Å². The van der Waals surface area contributed by atoms with Gasteiger partial charge in [0.1, 0.15) is 22.7 Å². The van der Waals surface area contributed by atoms with Gasteiger partial charge in [0.2, 0.25) is 0 Å². The van der Waals surface area contributed by atoms with Gasteiger partial charge in [0, 0.05) is 29.5 Å². The molecule has 3 aromatic rings. The molecular formula is C20H22N4O3. The van der Waals surface area contributed by atoms with Crippen LogP contribution in [-0.2, 0) is 6.42 Å². The molecule has 2 aromatic heterocycles. The van der Waals surface area contributed by atoms with Gasteiger partial charge in [0.25, 0.3) is 0 Å². The number of fused-ring (bicyclic) bond motifs is 1. The Morgan fingerprint density at radius 1 is 1.19 bits per heavy atom. The van der Waals surface area contributed by atoms with Crippen LogP contribution in [0.25, 0.3) is 10.9 Å². The summed E-state index contributed by atoms with van der Waals surface area (Å²) in [4.78, 5) is 8.68. The van der Waals surface area contributed by atoms with Gasteiger partial charge in [-0.1, -0.05) is 17.3 Å². The third-order valence-electron chi connectivity index (χ3n) is 4.27. The third kappa shape index (κ3) is 4.44. The van der Waals surface area contributed by atoms with E-state index >= 15 is 0 Å². The molecule has 0 aliphatic heterocycles. The van der Waals surface area contributed by atoms with Crippen molar-refractivity contribution in [2.75, 3.05) is 19.0 Å². The summed E-state index contributed by atoms with van der Waals surface area (Å²) in [5.41, 5.74) is 2.99. The number of rotatable bonds is 8. The fourth-order valence-corrected chi connectivity index (χ4v) is 2.92. The molecule has 0 unspecified atom stereocenters. The number of benzene rings is 1. The van der Waals surface area contributed by atoms with E-state index in [-0.39, 0.29) is 11.4 Å². The van der Waals surface area contributed by atoms with Crippen molar-refractivity contribution >= 4 is 22.8 Å². The summed E-state index contributed by atoms with van der Waals surface area (Å²) in [6.45, 7) is 0.819. The molecule has 2 heterocycles. The number of pyridine rings is 2. The Labute approximate surface area is 157 Å². The Morgan fingerprint density at radius 3 is 2.89 bits per heavy atom. The summed E-state index contributed by atoms with van der Waals surface area (Å²) in [5, 5.41) is 25.6. The molecule has 0 fully saturated rings. The number of nitrogens with zero attached hydrogens (tertiary/aromatic N) is 3. The number of hydrogen-bond acceptors (Lipinski definition) is 7. The summed E-state index contributed by atoms with van der Waals surface area (Å²) >= 11 is 0. The van der Waals surface area contributed by atoms with Gasteiger partial charge in [-0.05, 0) is 43.5 Å². The molecule has 0 saturated carbocycles. The van der Waals surface area contributed by atoms with E-state index in [4.69, 9.17) is 9.94 Å². The number of unbranched alkanes of at least 4 members (excludes halogenated alkanes) is 1. The topological polar surface area (TPSA) is 99.9 Å². The van der Waals surface area contributed by atoms with Crippen LogP contribution in [0.4, 0.5) is 5.69 Å². The smallest absolute Gasteiger partial charge is 0.145 e. The third-order valence-corrected chi connectivity index (χ3v) is 4.27. The van der Waals surface area contributed by atoms with Gasteiger partial charge >= 0.3 is 0 Å². The molecule has 0 bridgehead atoms. The number of anilines is 1. The number of oxime groups is 1. The van der Waals surface area contributed by atoms with Crippen molar-refractivity contribution in [3.05, 3.63) is 54.0 Å². The number of aromatic hydroxyl groups is 1. The zero-order valence-corrected chi connectivity index (χ0v) is 15.1. The van der Waals surface area contributed by atoms with Gasteiger partial charge in [0.15, 0.2) is 0 Å². The van der Waals surface area contributed by atoms with Crippen molar-refractivity contribution in [2.45, 2.75) is 19.3 Å². The van der Waals surface area contributed by atoms with Crippen LogP contribution >= 0.6 is 0 Å². The lowest BCUT2D eigenvalue weighted by molar-refractivity contribution is 0.321. The highest BCUT2D eigenvalue weighted by Gasteiger charge is 2.06. The average molecular weight is 366 g/mol. The number of para-hydroxylation sites is 1. The van der Waals surface area contributed by atoms with Crippen molar-refractivity contribution in [1.29, 1.82) is 0 Å². The fraction of sp³-hybridized carbons (Fsp3) is 0.250. The monoisotopic (exact) mass is 366 g/mol. The fourth-order valence-electron chi connectivity index (χ4n) is 2.92. The van der Waals surface area contributed by atoms with Crippen molar-refractivity contribution in [1.82, 2.24) is 9.97 Å². The van der Waals surface area contributed by atoms with Crippen LogP contribution in [0, 0.1) is 0 Å². The first-order valence-electron chi connectivity index (χ1n) is 8.75. The van der Waals surface area contributed by atoms with Crippen LogP contribution < -0.4 is 10.1 Å². The highest BCUT2D eigenvalue weighted by atomic mass is 16.5. The van der Waals surface area contributed by atoms with Crippen molar-refractivity contribution in [3.8, 4) is 11.5 Å². The lowest BCUT2D eigenvalue weighted by Crippen LogP contribution is -2.04. The first kappa shape index (κ1) is 18.4. The molecule has 0 radical (unpaired) electrons. The van der Waals surface area contributed by atoms with Gasteiger partial charge in [-0.3, -0.25) is 4.98 Å². The lowest BCUT2D eigenvalue weighted by Gasteiger charge is -2.11. The number of aryl methyl sites for hydroxylation is 1. The predicted molar refractivity (Wildman–Crippen MR) is 105 cm³/mol. The molecule has 3 N–H and O–H groups in total. The van der Waals surface area contributed by atoms with Crippen LogP contribution in [0.3, 0.4) is 0 Å².